The van der Waals surface area contributed by atoms with Crippen LogP contribution in [0.2, 0.25) is 13.1 Å². The number of hydrogen-bond acceptors (Lipinski definition) is 1. The van der Waals surface area contributed by atoms with Crippen molar-refractivity contribution in [2.45, 2.75) is 13.1 Å². The predicted molar refractivity (Wildman–Crippen MR) is 398 cm³/mol. The summed E-state index contributed by atoms with van der Waals surface area (Å²) in [7, 11) is -2.18. The fourth-order valence-corrected chi connectivity index (χ4v) is 18.7. The zero-order chi connectivity index (χ0) is 61.5. The van der Waals surface area contributed by atoms with Crippen molar-refractivity contribution in [3.8, 4) is 94.7 Å². The summed E-state index contributed by atoms with van der Waals surface area (Å²) in [6.07, 6.45) is 0. The predicted octanol–water partition coefficient (Wildman–Crippen LogP) is 23.8. The normalized spacial score (nSPS) is 12.7. The Morgan fingerprint density at radius 2 is 0.570 bits per heavy atom. The second-order valence-electron chi connectivity index (χ2n) is 25.9. The monoisotopic (exact) mass is 1200 g/mol. The molecule has 0 spiro atoms. The van der Waals surface area contributed by atoms with Gasteiger partial charge in [0.15, 0.2) is 0 Å². The highest BCUT2D eigenvalue weighted by atomic mass is 28.3. The lowest BCUT2D eigenvalue weighted by molar-refractivity contribution is 0.669. The van der Waals surface area contributed by atoms with E-state index < -0.39 is 8.07 Å². The molecule has 1 aliphatic heterocycles. The van der Waals surface area contributed by atoms with E-state index in [0.717, 1.165) is 21.9 Å². The van der Waals surface area contributed by atoms with Gasteiger partial charge in [0.1, 0.15) is 19.2 Å². The topological polar surface area (TPSA) is 18.1 Å². The first kappa shape index (κ1) is 53.2. The highest BCUT2D eigenvalue weighted by Gasteiger charge is 2.38. The van der Waals surface area contributed by atoms with Crippen molar-refractivity contribution in [1.82, 2.24) is 4.57 Å². The maximum Gasteiger partial charge on any atom is 0.135 e. The molecule has 0 saturated heterocycles. The molecule has 3 heterocycles. The largest absolute Gasteiger partial charge is 0.456 e. The fraction of sp³-hybridized carbons (Fsp3) is 0.0222. The molecule has 19 rings (SSSR count). The van der Waals surface area contributed by atoms with Crippen LogP contribution in [0.5, 0.6) is 0 Å². The third kappa shape index (κ3) is 8.55. The smallest absolute Gasteiger partial charge is 0.135 e. The van der Waals surface area contributed by atoms with E-state index in [-0.39, 0.29) is 0 Å². The first-order valence-electron chi connectivity index (χ1n) is 32.3. The van der Waals surface area contributed by atoms with E-state index in [1.165, 1.54) is 170 Å². The Balaban J connectivity index is 0.676. The van der Waals surface area contributed by atoms with Crippen LogP contribution in [0.25, 0.3) is 182 Å². The molecule has 2 aromatic heterocycles. The van der Waals surface area contributed by atoms with Crippen molar-refractivity contribution in [2.75, 3.05) is 0 Å². The van der Waals surface area contributed by atoms with Gasteiger partial charge in [-0.15, -0.1) is 0 Å². The number of para-hydroxylation sites is 1. The zero-order valence-corrected chi connectivity index (χ0v) is 52.5. The number of benzene rings is 16. The van der Waals surface area contributed by atoms with Crippen LogP contribution in [0.1, 0.15) is 0 Å². The van der Waals surface area contributed by atoms with Gasteiger partial charge in [-0.25, -0.2) is 0 Å². The van der Waals surface area contributed by atoms with Crippen molar-refractivity contribution in [3.05, 3.63) is 322 Å². The fourth-order valence-electron chi connectivity index (χ4n) is 15.6. The molecule has 0 unspecified atom stereocenters. The highest BCUT2D eigenvalue weighted by molar-refractivity contribution is 7.04. The third-order valence-electron chi connectivity index (χ3n) is 20.4. The highest BCUT2D eigenvalue weighted by Crippen LogP contribution is 2.43. The molecule has 16 aromatic carbocycles. The maximum absolute atomic E-state index is 6.24. The Morgan fingerprint density at radius 1 is 0.226 bits per heavy atom. The summed E-state index contributed by atoms with van der Waals surface area (Å²) in [5.74, 6) is 0. The number of furan rings is 1. The Kier molecular flexibility index (Phi) is 11.9. The average molecular weight is 1200 g/mol. The molecule has 0 N–H and O–H groups in total. The molecule has 2 nitrogen and oxygen atoms in total. The Labute approximate surface area is 540 Å². The minimum absolute atomic E-state index is 0.923. The molecular formula is C90H59NOSi. The summed E-state index contributed by atoms with van der Waals surface area (Å²) in [5, 5.41) is 17.9. The van der Waals surface area contributed by atoms with E-state index in [1.54, 1.807) is 0 Å². The van der Waals surface area contributed by atoms with Crippen LogP contribution in [-0.2, 0) is 0 Å². The lowest BCUT2D eigenvalue weighted by atomic mass is 9.92. The van der Waals surface area contributed by atoms with Crippen molar-refractivity contribution in [2.24, 2.45) is 0 Å². The van der Waals surface area contributed by atoms with Gasteiger partial charge in [0.2, 0.25) is 0 Å². The van der Waals surface area contributed by atoms with Crippen LogP contribution < -0.4 is 10.4 Å². The van der Waals surface area contributed by atoms with Gasteiger partial charge in [-0.05, 0) is 209 Å². The molecule has 0 bridgehead atoms. The average Bonchev–Trinajstić information content (AvgIpc) is 1.60. The lowest BCUT2D eigenvalue weighted by Gasteiger charge is -2.20. The van der Waals surface area contributed by atoms with E-state index in [9.17, 15) is 0 Å². The number of aromatic nitrogens is 1. The van der Waals surface area contributed by atoms with Crippen LogP contribution >= 0.6 is 0 Å². The molecule has 93 heavy (non-hydrogen) atoms. The Hall–Kier alpha value is -11.6. The van der Waals surface area contributed by atoms with Gasteiger partial charge in [-0.3, -0.25) is 0 Å². The summed E-state index contributed by atoms with van der Waals surface area (Å²) >= 11 is 0. The molecule has 0 amide bonds. The van der Waals surface area contributed by atoms with E-state index in [1.807, 2.05) is 6.07 Å². The zero-order valence-electron chi connectivity index (χ0n) is 51.5. The van der Waals surface area contributed by atoms with Crippen LogP contribution in [-0.4, -0.2) is 12.6 Å². The van der Waals surface area contributed by atoms with Gasteiger partial charge >= 0.3 is 0 Å². The Bertz CT molecular complexity index is 5840. The minimum Gasteiger partial charge on any atom is -0.456 e. The first-order chi connectivity index (χ1) is 45.8. The maximum atomic E-state index is 6.24. The summed E-state index contributed by atoms with van der Waals surface area (Å²) in [5.41, 5.74) is 25.1. The number of nitrogens with zero attached hydrogens (tertiary/aromatic N) is 1. The second kappa shape index (κ2) is 20.7. The SMILES string of the molecule is C[Si]1(C)c2cc(-c3ccc4oc5ccccc5c4c3)ccc2-c2ccc(-n3c4ccc(-c5ccc(-c6ccc(-c7cc8ccccc8c8ccccc78)cc6)cc5)cc4c4cc(-c5ccc(-c6ccc(-c7cc8ccccc8c8ccccc78)cc6)cc5)ccc43)cc21. The molecule has 3 heteroatoms. The van der Waals surface area contributed by atoms with Crippen LogP contribution in [0.3, 0.4) is 0 Å². The number of fused-ring (bicyclic) bond motifs is 15. The number of rotatable bonds is 8. The van der Waals surface area contributed by atoms with E-state index in [4.69, 9.17) is 4.42 Å². The number of hydrogen-bond donors (Lipinski definition) is 0. The van der Waals surface area contributed by atoms with Gasteiger partial charge in [-0.1, -0.05) is 268 Å². The van der Waals surface area contributed by atoms with Crippen LogP contribution in [0, 0.1) is 0 Å². The van der Waals surface area contributed by atoms with Crippen molar-refractivity contribution in [1.29, 1.82) is 0 Å². The molecule has 434 valence electrons. The van der Waals surface area contributed by atoms with Gasteiger partial charge < -0.3 is 8.98 Å². The van der Waals surface area contributed by atoms with Crippen LogP contribution in [0.15, 0.2) is 326 Å². The van der Waals surface area contributed by atoms with Gasteiger partial charge in [0.05, 0.1) is 11.0 Å². The quantitative estimate of drug-likeness (QED) is 0.110. The summed E-state index contributed by atoms with van der Waals surface area (Å²) < 4.78 is 8.75. The van der Waals surface area contributed by atoms with E-state index >= 15 is 0 Å². The van der Waals surface area contributed by atoms with Crippen LogP contribution in [0.4, 0.5) is 0 Å². The summed E-state index contributed by atoms with van der Waals surface area (Å²) in [6, 6.07) is 120. The summed E-state index contributed by atoms with van der Waals surface area (Å²) in [4.78, 5) is 0. The first-order valence-corrected chi connectivity index (χ1v) is 35.3. The molecule has 0 aliphatic carbocycles. The van der Waals surface area contributed by atoms with E-state index in [2.05, 4.69) is 333 Å². The van der Waals surface area contributed by atoms with Crippen molar-refractivity contribution >= 4 is 105 Å². The Morgan fingerprint density at radius 3 is 1.09 bits per heavy atom. The standard InChI is InChI=1S/C90H59NOSi/c1-93(2)89-54-67(66-42-48-88-84(51-66)77-21-11-12-22-87(77)92-88)39-44-78(89)79-45-43-70(55-90(79)93)91-85-46-40-64(60-27-23-56(24-28-60)58-31-35-62(36-32-58)80-52-68-13-3-5-15-71(68)73-17-7-9-19-75(73)80)49-82(85)83-50-65(41-47-86(83)91)61-29-25-57(26-30-61)59-33-37-63(38-34-59)81-53-69-14-4-6-16-72(69)74-18-8-10-20-76(74)81/h3-55H,1-2H3. The molecule has 0 radical (unpaired) electrons. The minimum atomic E-state index is -2.18. The molecule has 0 saturated carbocycles. The van der Waals surface area contributed by atoms with Crippen molar-refractivity contribution in [3.63, 3.8) is 0 Å². The molecule has 0 atom stereocenters. The van der Waals surface area contributed by atoms with Gasteiger partial charge in [0.25, 0.3) is 0 Å². The van der Waals surface area contributed by atoms with Crippen molar-refractivity contribution < 1.29 is 4.42 Å². The molecule has 18 aromatic rings. The molecular weight excluding hydrogens is 1140 g/mol. The summed E-state index contributed by atoms with van der Waals surface area (Å²) in [6.45, 7) is 5.06. The second-order valence-corrected chi connectivity index (χ2v) is 30.2. The lowest BCUT2D eigenvalue weighted by Crippen LogP contribution is -2.49. The van der Waals surface area contributed by atoms with E-state index in [0.29, 0.717) is 0 Å². The van der Waals surface area contributed by atoms with Gasteiger partial charge in [0, 0.05) is 27.2 Å². The molecule has 1 aliphatic rings. The third-order valence-corrected chi connectivity index (χ3v) is 23.9. The van der Waals surface area contributed by atoms with Gasteiger partial charge in [-0.2, -0.15) is 0 Å². The molecule has 0 fully saturated rings.